The predicted molar refractivity (Wildman–Crippen MR) is 64.2 cm³/mol. The van der Waals surface area contributed by atoms with Crippen LogP contribution in [0.15, 0.2) is 36.5 Å². The molecule has 0 bridgehead atoms. The number of hydroxylamine groups is 1. The molecule has 0 aliphatic rings. The van der Waals surface area contributed by atoms with Gasteiger partial charge in [0.15, 0.2) is 0 Å². The van der Waals surface area contributed by atoms with Gasteiger partial charge in [-0.1, -0.05) is 24.3 Å². The van der Waals surface area contributed by atoms with Crippen LogP contribution in [0.2, 0.25) is 0 Å². The third kappa shape index (κ3) is 2.13. The molecular weight excluding hydrogens is 204 g/mol. The Morgan fingerprint density at radius 3 is 2.88 bits per heavy atom. The van der Waals surface area contributed by atoms with Gasteiger partial charge in [0.05, 0.1) is 0 Å². The highest BCUT2D eigenvalue weighted by Crippen LogP contribution is 2.23. The van der Waals surface area contributed by atoms with Crippen molar-refractivity contribution >= 4 is 16.6 Å². The molecule has 0 amide bonds. The largest absolute Gasteiger partial charge is 0.757 e. The lowest BCUT2D eigenvalue weighted by Gasteiger charge is -2.30. The smallest absolute Gasteiger partial charge is 0.125 e. The number of aliphatic hydroxyl groups is 1. The van der Waals surface area contributed by atoms with Crippen molar-refractivity contribution in [3.63, 3.8) is 0 Å². The van der Waals surface area contributed by atoms with Crippen LogP contribution >= 0.6 is 0 Å². The van der Waals surface area contributed by atoms with E-state index in [1.54, 1.807) is 6.20 Å². The Labute approximate surface area is 93.7 Å². The van der Waals surface area contributed by atoms with Gasteiger partial charge in [0, 0.05) is 24.7 Å². The summed E-state index contributed by atoms with van der Waals surface area (Å²) >= 11 is 0. The van der Waals surface area contributed by atoms with E-state index in [1.807, 2.05) is 30.3 Å². The highest BCUT2D eigenvalue weighted by molar-refractivity contribution is 5.92. The molecule has 1 aromatic carbocycles. The van der Waals surface area contributed by atoms with Crippen molar-refractivity contribution in [2.24, 2.45) is 0 Å². The first kappa shape index (κ1) is 10.9. The molecule has 4 heteroatoms. The van der Waals surface area contributed by atoms with Gasteiger partial charge >= 0.3 is 0 Å². The normalized spacial score (nSPS) is 10.6. The van der Waals surface area contributed by atoms with Crippen molar-refractivity contribution in [3.05, 3.63) is 41.7 Å². The molecule has 84 valence electrons. The number of nitrogens with zero attached hydrogens (tertiary/aromatic N) is 2. The summed E-state index contributed by atoms with van der Waals surface area (Å²) in [6.07, 6.45) is 2.08. The molecule has 16 heavy (non-hydrogen) atoms. The summed E-state index contributed by atoms with van der Waals surface area (Å²) in [4.78, 5) is 4.09. The van der Waals surface area contributed by atoms with E-state index >= 15 is 0 Å². The number of pyridine rings is 1. The van der Waals surface area contributed by atoms with Crippen LogP contribution in [-0.2, 0) is 0 Å². The molecule has 1 aromatic heterocycles. The number of hydrogen-bond donors (Lipinski definition) is 1. The zero-order valence-electron chi connectivity index (χ0n) is 8.84. The molecule has 4 nitrogen and oxygen atoms in total. The summed E-state index contributed by atoms with van der Waals surface area (Å²) in [5.74, 6) is 0.423. The minimum Gasteiger partial charge on any atom is -0.757 e. The summed E-state index contributed by atoms with van der Waals surface area (Å²) in [6, 6.07) is 9.50. The van der Waals surface area contributed by atoms with Crippen molar-refractivity contribution < 1.29 is 5.11 Å². The van der Waals surface area contributed by atoms with Gasteiger partial charge in [0.2, 0.25) is 0 Å². The number of fused-ring (bicyclic) bond motifs is 1. The summed E-state index contributed by atoms with van der Waals surface area (Å²) in [5.41, 5.74) is 0. The van der Waals surface area contributed by atoms with Crippen molar-refractivity contribution in [3.8, 4) is 0 Å². The quantitative estimate of drug-likeness (QED) is 0.795. The maximum absolute atomic E-state index is 11.8. The van der Waals surface area contributed by atoms with Crippen LogP contribution in [0.25, 0.3) is 10.8 Å². The molecule has 1 N–H and O–H groups in total. The molecule has 1 heterocycles. The zero-order valence-corrected chi connectivity index (χ0v) is 8.84. The summed E-state index contributed by atoms with van der Waals surface area (Å²) in [6.45, 7) is 0.279. The highest BCUT2D eigenvalue weighted by atomic mass is 16.5. The van der Waals surface area contributed by atoms with Gasteiger partial charge in [0.1, 0.15) is 5.82 Å². The molecule has 0 aliphatic heterocycles. The molecule has 0 fully saturated rings. The Kier molecular flexibility index (Phi) is 3.34. The zero-order chi connectivity index (χ0) is 11.4. The maximum Gasteiger partial charge on any atom is 0.125 e. The Morgan fingerprint density at radius 1 is 1.25 bits per heavy atom. The monoisotopic (exact) mass is 217 g/mol. The molecule has 0 radical (unpaired) electrons. The first-order chi connectivity index (χ1) is 7.83. The van der Waals surface area contributed by atoms with Gasteiger partial charge in [-0.2, -0.15) is 0 Å². The fourth-order valence-electron chi connectivity index (χ4n) is 1.62. The van der Waals surface area contributed by atoms with Crippen LogP contribution in [0.5, 0.6) is 0 Å². The van der Waals surface area contributed by atoms with E-state index in [0.717, 1.165) is 15.8 Å². The fraction of sp³-hybridized carbons (Fsp3) is 0.250. The van der Waals surface area contributed by atoms with Crippen LogP contribution in [0.3, 0.4) is 0 Å². The molecule has 2 aromatic rings. The lowest BCUT2D eigenvalue weighted by atomic mass is 10.1. The summed E-state index contributed by atoms with van der Waals surface area (Å²) in [5, 5.41) is 23.1. The van der Waals surface area contributed by atoms with Gasteiger partial charge in [-0.25, -0.2) is 4.98 Å². The molecule has 0 unspecified atom stereocenters. The van der Waals surface area contributed by atoms with Gasteiger partial charge in [-0.3, -0.25) is 0 Å². The summed E-state index contributed by atoms with van der Waals surface area (Å²) in [7, 11) is 0. The Bertz CT molecular complexity index is 468. The average molecular weight is 217 g/mol. The van der Waals surface area contributed by atoms with E-state index in [4.69, 9.17) is 5.11 Å². The maximum atomic E-state index is 11.8. The van der Waals surface area contributed by atoms with E-state index in [1.165, 1.54) is 0 Å². The minimum atomic E-state index is 0.0174. The van der Waals surface area contributed by atoms with Crippen molar-refractivity contribution in [2.75, 3.05) is 18.2 Å². The SMILES string of the molecule is [O-]N(CCCO)c1nccc2ccccc12. The van der Waals surface area contributed by atoms with Crippen LogP contribution < -0.4 is 5.06 Å². The molecule has 0 aliphatic carbocycles. The van der Waals surface area contributed by atoms with E-state index < -0.39 is 0 Å². The van der Waals surface area contributed by atoms with Crippen LogP contribution in [-0.4, -0.2) is 23.2 Å². The van der Waals surface area contributed by atoms with E-state index in [2.05, 4.69) is 4.98 Å². The van der Waals surface area contributed by atoms with Crippen molar-refractivity contribution in [1.82, 2.24) is 4.98 Å². The van der Waals surface area contributed by atoms with E-state index in [9.17, 15) is 5.21 Å². The van der Waals surface area contributed by atoms with E-state index in [0.29, 0.717) is 12.2 Å². The van der Waals surface area contributed by atoms with Crippen LogP contribution in [0.4, 0.5) is 5.82 Å². The first-order valence-electron chi connectivity index (χ1n) is 5.22. The van der Waals surface area contributed by atoms with Crippen molar-refractivity contribution in [2.45, 2.75) is 6.42 Å². The average Bonchev–Trinajstić information content (AvgIpc) is 2.35. The minimum absolute atomic E-state index is 0.0174. The number of hydrogen-bond acceptors (Lipinski definition) is 4. The Balaban J connectivity index is 2.36. The topological polar surface area (TPSA) is 59.4 Å². The van der Waals surface area contributed by atoms with Gasteiger partial charge in [0.25, 0.3) is 0 Å². The number of aromatic nitrogens is 1. The second kappa shape index (κ2) is 4.92. The van der Waals surface area contributed by atoms with Gasteiger partial charge in [-0.05, 0) is 17.9 Å². The molecule has 2 rings (SSSR count). The summed E-state index contributed by atoms with van der Waals surface area (Å²) < 4.78 is 0. The number of anilines is 1. The van der Waals surface area contributed by atoms with Crippen LogP contribution in [0.1, 0.15) is 6.42 Å². The van der Waals surface area contributed by atoms with Crippen molar-refractivity contribution in [1.29, 1.82) is 0 Å². The lowest BCUT2D eigenvalue weighted by Crippen LogP contribution is -2.18. The fourth-order valence-corrected chi connectivity index (χ4v) is 1.62. The number of benzene rings is 1. The van der Waals surface area contributed by atoms with Gasteiger partial charge < -0.3 is 15.4 Å². The molecule has 0 saturated heterocycles. The number of aliphatic hydroxyl groups excluding tert-OH is 1. The van der Waals surface area contributed by atoms with Crippen LogP contribution in [0, 0.1) is 5.21 Å². The molecule has 0 atom stereocenters. The lowest BCUT2D eigenvalue weighted by molar-refractivity contribution is 0.290. The third-order valence-electron chi connectivity index (χ3n) is 2.41. The Hall–Kier alpha value is -1.65. The van der Waals surface area contributed by atoms with E-state index in [-0.39, 0.29) is 13.2 Å². The highest BCUT2D eigenvalue weighted by Gasteiger charge is 2.02. The molecule has 0 saturated carbocycles. The third-order valence-corrected chi connectivity index (χ3v) is 2.41. The predicted octanol–water partition coefficient (Wildman–Crippen LogP) is 1.92. The molecule has 0 spiro atoms. The molecular formula is C12H13N2O2-. The van der Waals surface area contributed by atoms with Gasteiger partial charge in [-0.15, -0.1) is 0 Å². The Morgan fingerprint density at radius 2 is 2.06 bits per heavy atom. The second-order valence-electron chi connectivity index (χ2n) is 3.53. The first-order valence-corrected chi connectivity index (χ1v) is 5.22. The standard InChI is InChI=1S/C12H13N2O2/c15-9-3-8-14(16)12-11-5-2-1-4-10(11)6-7-13-12/h1-2,4-7,15H,3,8-9H2/q-1. The second-order valence-corrected chi connectivity index (χ2v) is 3.53. The number of rotatable bonds is 4.